The van der Waals surface area contributed by atoms with Gasteiger partial charge in [-0.3, -0.25) is 0 Å². The molecule has 0 bridgehead atoms. The third-order valence-electron chi connectivity index (χ3n) is 1.44. The van der Waals surface area contributed by atoms with Crippen molar-refractivity contribution in [1.29, 1.82) is 0 Å². The summed E-state index contributed by atoms with van der Waals surface area (Å²) in [5.41, 5.74) is 14.4. The van der Waals surface area contributed by atoms with E-state index >= 15 is 0 Å². The molecule has 1 aliphatic rings. The van der Waals surface area contributed by atoms with Crippen LogP contribution in [-0.4, -0.2) is 0 Å². The van der Waals surface area contributed by atoms with E-state index in [9.17, 15) is 0 Å². The van der Waals surface area contributed by atoms with Crippen molar-refractivity contribution in [2.75, 3.05) is 0 Å². The molecule has 60 valence electrons. The molecule has 6 N–H and O–H groups in total. The molecular formula is C7H17N3. The van der Waals surface area contributed by atoms with Gasteiger partial charge < -0.3 is 17.2 Å². The van der Waals surface area contributed by atoms with Gasteiger partial charge in [-0.1, -0.05) is 32.1 Å². The molecule has 0 heterocycles. The molecule has 0 atom stereocenters. The highest BCUT2D eigenvalue weighted by Gasteiger charge is 1.95. The Labute approximate surface area is 62.3 Å². The maximum absolute atomic E-state index is 4.81. The largest absolute Gasteiger partial charge is 0.402 e. The Kier molecular flexibility index (Phi) is 5.72. The Morgan fingerprint density at radius 2 is 1.10 bits per heavy atom. The summed E-state index contributed by atoms with van der Waals surface area (Å²) in [6.45, 7) is 0. The van der Waals surface area contributed by atoms with E-state index < -0.39 is 0 Å². The number of rotatable bonds is 0. The minimum Gasteiger partial charge on any atom is -0.402 e. The summed E-state index contributed by atoms with van der Waals surface area (Å²) in [6, 6.07) is 0. The molecule has 1 rings (SSSR count). The summed E-state index contributed by atoms with van der Waals surface area (Å²) in [5.74, 6) is 0.157. The molecule has 1 aliphatic carbocycles. The first kappa shape index (κ1) is 9.14. The predicted molar refractivity (Wildman–Crippen MR) is 43.7 cm³/mol. The number of hydrogen-bond acceptors (Lipinski definition) is 3. The Morgan fingerprint density at radius 3 is 1.20 bits per heavy atom. The Morgan fingerprint density at radius 1 is 0.900 bits per heavy atom. The Bertz CT molecular complexity index is 83.4. The smallest absolute Gasteiger partial charge is 0.109 e. The lowest BCUT2D eigenvalue weighted by atomic mass is 10.4. The van der Waals surface area contributed by atoms with E-state index in [0.717, 1.165) is 6.20 Å². The molecule has 0 unspecified atom stereocenters. The van der Waals surface area contributed by atoms with Gasteiger partial charge in [0.25, 0.3) is 0 Å². The van der Waals surface area contributed by atoms with Crippen molar-refractivity contribution in [3.63, 3.8) is 0 Å². The van der Waals surface area contributed by atoms with Gasteiger partial charge in [0.15, 0.2) is 0 Å². The van der Waals surface area contributed by atoms with Crippen LogP contribution in [0.25, 0.3) is 0 Å². The van der Waals surface area contributed by atoms with E-state index in [2.05, 4.69) is 0 Å². The van der Waals surface area contributed by atoms with Crippen molar-refractivity contribution >= 4 is 0 Å². The zero-order valence-electron chi connectivity index (χ0n) is 6.34. The molecule has 3 nitrogen and oxygen atoms in total. The molecule has 1 fully saturated rings. The van der Waals surface area contributed by atoms with Gasteiger partial charge in [0, 0.05) is 6.20 Å². The highest BCUT2D eigenvalue weighted by atomic mass is 14.8. The quantitative estimate of drug-likeness (QED) is 0.465. The molecular weight excluding hydrogens is 126 g/mol. The lowest BCUT2D eigenvalue weighted by Gasteiger charge is -1.78. The highest BCUT2D eigenvalue weighted by Crippen LogP contribution is 2.15. The third-order valence-corrected chi connectivity index (χ3v) is 1.44. The fourth-order valence-electron chi connectivity index (χ4n) is 0.884. The molecule has 0 spiro atoms. The summed E-state index contributed by atoms with van der Waals surface area (Å²) >= 11 is 0. The van der Waals surface area contributed by atoms with E-state index in [1.807, 2.05) is 0 Å². The van der Waals surface area contributed by atoms with Crippen LogP contribution in [0.4, 0.5) is 0 Å². The summed E-state index contributed by atoms with van der Waals surface area (Å²) in [5, 5.41) is 0. The average molecular weight is 143 g/mol. The first-order chi connectivity index (χ1) is 4.77. The van der Waals surface area contributed by atoms with Gasteiger partial charge in [0.2, 0.25) is 0 Å². The van der Waals surface area contributed by atoms with Crippen molar-refractivity contribution in [2.45, 2.75) is 32.1 Å². The zero-order chi connectivity index (χ0) is 7.82. The van der Waals surface area contributed by atoms with Crippen LogP contribution in [0.1, 0.15) is 32.1 Å². The van der Waals surface area contributed by atoms with Crippen LogP contribution in [-0.2, 0) is 0 Å². The maximum Gasteiger partial charge on any atom is 0.109 e. The van der Waals surface area contributed by atoms with Crippen LogP contribution in [0.2, 0.25) is 0 Å². The van der Waals surface area contributed by atoms with Crippen LogP contribution in [0, 0.1) is 0 Å². The van der Waals surface area contributed by atoms with E-state index in [0.29, 0.717) is 0 Å². The van der Waals surface area contributed by atoms with Gasteiger partial charge in [0.1, 0.15) is 5.82 Å². The van der Waals surface area contributed by atoms with Gasteiger partial charge in [-0.2, -0.15) is 0 Å². The summed E-state index contributed by atoms with van der Waals surface area (Å²) in [6.07, 6.45) is 8.64. The van der Waals surface area contributed by atoms with Crippen molar-refractivity contribution in [3.8, 4) is 0 Å². The first-order valence-electron chi connectivity index (χ1n) is 3.70. The zero-order valence-corrected chi connectivity index (χ0v) is 6.34. The summed E-state index contributed by atoms with van der Waals surface area (Å²) in [7, 11) is 0. The van der Waals surface area contributed by atoms with Crippen LogP contribution >= 0.6 is 0 Å². The molecule has 10 heavy (non-hydrogen) atoms. The van der Waals surface area contributed by atoms with Crippen LogP contribution in [0.15, 0.2) is 12.0 Å². The normalized spacial score (nSPS) is 15.2. The predicted octanol–water partition coefficient (Wildman–Crippen LogP) is 0.612. The summed E-state index contributed by atoms with van der Waals surface area (Å²) in [4.78, 5) is 0. The van der Waals surface area contributed by atoms with Crippen molar-refractivity contribution in [3.05, 3.63) is 12.0 Å². The van der Waals surface area contributed by atoms with Gasteiger partial charge in [0.05, 0.1) is 0 Å². The molecule has 3 heteroatoms. The fourth-order valence-corrected chi connectivity index (χ4v) is 0.884. The standard InChI is InChI=1S/C5H10.C2H7N3/c1-2-4-5-3-1;3-1-2(4)5/h1-5H2;1H,3-5H2. The SMILES string of the molecule is C1CCCC1.NC=C(N)N. The second kappa shape index (κ2) is 6.26. The van der Waals surface area contributed by atoms with E-state index in [-0.39, 0.29) is 5.82 Å². The van der Waals surface area contributed by atoms with Crippen LogP contribution < -0.4 is 17.2 Å². The Hall–Kier alpha value is -0.860. The lowest BCUT2D eigenvalue weighted by Crippen LogP contribution is -2.09. The average Bonchev–Trinajstić information content (AvgIpc) is 2.43. The van der Waals surface area contributed by atoms with Crippen LogP contribution in [0.5, 0.6) is 0 Å². The molecule has 0 aromatic carbocycles. The van der Waals surface area contributed by atoms with Gasteiger partial charge >= 0.3 is 0 Å². The van der Waals surface area contributed by atoms with Crippen LogP contribution in [0.3, 0.4) is 0 Å². The van der Waals surface area contributed by atoms with E-state index in [4.69, 9.17) is 17.2 Å². The molecule has 0 aliphatic heterocycles. The molecule has 0 radical (unpaired) electrons. The minimum atomic E-state index is 0.157. The van der Waals surface area contributed by atoms with Gasteiger partial charge in [-0.15, -0.1) is 0 Å². The van der Waals surface area contributed by atoms with Crippen molar-refractivity contribution < 1.29 is 0 Å². The molecule has 0 aromatic heterocycles. The molecule has 0 amide bonds. The third kappa shape index (κ3) is 7.14. The maximum atomic E-state index is 4.81. The van der Waals surface area contributed by atoms with E-state index in [1.54, 1.807) is 0 Å². The Balaban J connectivity index is 0.000000162. The van der Waals surface area contributed by atoms with Gasteiger partial charge in [-0.05, 0) is 0 Å². The lowest BCUT2D eigenvalue weighted by molar-refractivity contribution is 0.886. The number of nitrogens with two attached hydrogens (primary N) is 3. The fraction of sp³-hybridized carbons (Fsp3) is 0.714. The monoisotopic (exact) mass is 143 g/mol. The number of hydrogen-bond donors (Lipinski definition) is 3. The minimum absolute atomic E-state index is 0.157. The molecule has 0 saturated heterocycles. The second-order valence-electron chi connectivity index (χ2n) is 2.43. The first-order valence-corrected chi connectivity index (χ1v) is 3.70. The molecule has 0 aromatic rings. The van der Waals surface area contributed by atoms with E-state index in [1.165, 1.54) is 32.1 Å². The van der Waals surface area contributed by atoms with Crippen molar-refractivity contribution in [2.24, 2.45) is 17.2 Å². The van der Waals surface area contributed by atoms with Crippen molar-refractivity contribution in [1.82, 2.24) is 0 Å². The highest BCUT2D eigenvalue weighted by molar-refractivity contribution is 4.83. The topological polar surface area (TPSA) is 78.1 Å². The van der Waals surface area contributed by atoms with Gasteiger partial charge in [-0.25, -0.2) is 0 Å². The summed E-state index contributed by atoms with van der Waals surface area (Å²) < 4.78 is 0. The molecule has 1 saturated carbocycles. The second-order valence-corrected chi connectivity index (χ2v) is 2.43.